The van der Waals surface area contributed by atoms with Crippen molar-refractivity contribution in [1.82, 2.24) is 0 Å². The Balaban J connectivity index is 0.000000188. The van der Waals surface area contributed by atoms with Gasteiger partial charge in [0.15, 0.2) is 30.4 Å². The Morgan fingerprint density at radius 1 is 0.191 bits per heavy atom. The van der Waals surface area contributed by atoms with E-state index >= 15 is 9.13 Å². The monoisotopic (exact) mass is 1830 g/mol. The van der Waals surface area contributed by atoms with E-state index < -0.39 is 30.4 Å². The van der Waals surface area contributed by atoms with E-state index in [0.717, 1.165) is 31.8 Å². The summed E-state index contributed by atoms with van der Waals surface area (Å²) in [7, 11) is -12.6. The third-order valence-corrected chi connectivity index (χ3v) is 46.0. The number of hydrogen-bond donors (Lipinski definition) is 0. The normalized spacial score (nSPS) is 13.0. The first-order valence-corrected chi connectivity index (χ1v) is 55.7. The summed E-state index contributed by atoms with van der Waals surface area (Å²) < 4.78 is 30.8. The Kier molecular flexibility index (Phi) is 24.8. The van der Waals surface area contributed by atoms with Gasteiger partial charge in [0, 0.05) is 42.7 Å². The molecule has 18 aromatic rings. The van der Waals surface area contributed by atoms with Crippen LogP contribution in [0, 0.1) is 96.9 Å². The molecule has 0 spiro atoms. The zero-order valence-electron chi connectivity index (χ0n) is 82.0. The van der Waals surface area contributed by atoms with Gasteiger partial charge in [-0.3, -0.25) is 0 Å². The molecule has 0 aliphatic heterocycles. The van der Waals surface area contributed by atoms with Gasteiger partial charge in [0.25, 0.3) is 0 Å². The number of fused-ring (bicyclic) bond motifs is 6. The van der Waals surface area contributed by atoms with Crippen molar-refractivity contribution in [2.45, 2.75) is 135 Å². The average molecular weight is 1830 g/mol. The van der Waals surface area contributed by atoms with Gasteiger partial charge in [0.2, 0.25) is 13.4 Å². The fraction of sp³-hybridized carbons (Fsp3) is 0.156. The van der Waals surface area contributed by atoms with Crippen molar-refractivity contribution < 1.29 is 9.13 Å². The van der Waals surface area contributed by atoms with Crippen LogP contribution in [-0.4, -0.2) is 29.6 Å². The van der Waals surface area contributed by atoms with Crippen LogP contribution in [0.4, 0.5) is 0 Å². The van der Waals surface area contributed by atoms with Gasteiger partial charge in [-0.2, -0.15) is 0 Å². The topological polar surface area (TPSA) is 34.1 Å². The molecule has 0 N–H and O–H groups in total. The standard InChI is InChI=1S/C78H78B2Si.C50H42O2P2Si/c1-47-37-51(5)73(52(6)38-47)79(74-53(7)39-48(2)40-54(74)8)59-25-29-61(30-26-59)81(63-33-35-67-65-21-17-19-23-69(65)77(13,14)71(67)45-63,64-34-36-68-66-22-18-20-24-70(66)78(15,16)72(68)46-64)62-31-27-60(28-32-62)80(75-55(9)41-49(3)42-56(75)10)76-57(11)43-50(4)44-58(76)12;1-39-23-31-47(32-24-39)55(48-33-25-40(2)26-34-48,49-35-27-45(28-36-49)53(51,41-15-7-3-8-16-41)42-17-9-4-10-18-42)50-37-29-46(30-38-50)54(52,43-19-11-5-12-20-43)44-21-13-6-14-22-44/h17-46H,1-16H3;3-38H,1-2H3. The van der Waals surface area contributed by atoms with Crippen molar-refractivity contribution in [2.75, 3.05) is 0 Å². The van der Waals surface area contributed by atoms with Gasteiger partial charge in [0.05, 0.1) is 0 Å². The summed E-state index contributed by atoms with van der Waals surface area (Å²) in [5, 5.41) is 15.3. The maximum atomic E-state index is 15.4. The third-order valence-electron chi connectivity index (χ3n) is 30.3. The predicted molar refractivity (Wildman–Crippen MR) is 595 cm³/mol. The molecule has 20 rings (SSSR count). The number of benzene rings is 18. The lowest BCUT2D eigenvalue weighted by Gasteiger charge is -2.37. The average Bonchev–Trinajstić information content (AvgIpc) is 1.48. The van der Waals surface area contributed by atoms with E-state index in [1.807, 2.05) is 121 Å². The SMILES string of the molecule is Cc1cc(C)c(B(c2ccc([Si](c3ccc(B(c4c(C)cc(C)cc4C)c4c(C)cc(C)cc4C)cc3)(c3ccc4c(c3)C(C)(C)c3ccccc3-4)c3ccc4c(c3)C(C)(C)c3ccccc3-4)cc2)c2c(C)cc(C)cc2C)c(C)c1.Cc1ccc([Si](c2ccc(C)cc2)(c2ccc(P(=O)(c3ccccc3)c3ccccc3)cc2)c2ccc(P(=O)(c3ccccc3)c3ccccc3)cc2)cc1. The highest BCUT2D eigenvalue weighted by Crippen LogP contribution is 2.51. The van der Waals surface area contributed by atoms with Crippen LogP contribution in [-0.2, 0) is 20.0 Å². The predicted octanol–water partition coefficient (Wildman–Crippen LogP) is 19.4. The van der Waals surface area contributed by atoms with Gasteiger partial charge >= 0.3 is 0 Å². The summed E-state index contributed by atoms with van der Waals surface area (Å²) in [6.07, 6.45) is 0. The van der Waals surface area contributed by atoms with E-state index in [1.165, 1.54) is 197 Å². The number of aryl methyl sites for hydroxylation is 14. The minimum atomic E-state index is -3.27. The molecule has 18 aromatic carbocycles. The number of rotatable bonds is 20. The molecule has 0 aromatic heterocycles. The van der Waals surface area contributed by atoms with Crippen molar-refractivity contribution in [3.05, 3.63) is 501 Å². The van der Waals surface area contributed by atoms with Crippen LogP contribution in [0.3, 0.4) is 0 Å². The largest absolute Gasteiger partial charge is 0.309 e. The van der Waals surface area contributed by atoms with Crippen molar-refractivity contribution in [3.63, 3.8) is 0 Å². The lowest BCUT2D eigenvalue weighted by Crippen LogP contribution is -2.75. The molecular formula is C128H120B2O2P2Si2. The summed E-state index contributed by atoms with van der Waals surface area (Å²) in [5.74, 6) is 0. The molecule has 0 unspecified atom stereocenters. The van der Waals surface area contributed by atoms with Crippen LogP contribution >= 0.6 is 14.3 Å². The minimum absolute atomic E-state index is 0.0634. The van der Waals surface area contributed by atoms with Gasteiger partial charge in [-0.1, -0.05) is 539 Å². The highest BCUT2D eigenvalue weighted by molar-refractivity contribution is 7.85. The molecule has 0 radical (unpaired) electrons. The highest BCUT2D eigenvalue weighted by atomic mass is 31.2. The lowest BCUT2D eigenvalue weighted by atomic mass is 9.34. The van der Waals surface area contributed by atoms with Crippen LogP contribution in [0.5, 0.6) is 0 Å². The molecule has 0 atom stereocenters. The molecule has 0 saturated heterocycles. The molecule has 2 aliphatic carbocycles. The van der Waals surface area contributed by atoms with E-state index in [4.69, 9.17) is 0 Å². The first kappa shape index (κ1) is 92.1. The molecule has 8 heteroatoms. The molecule has 0 bridgehead atoms. The van der Waals surface area contributed by atoms with Crippen LogP contribution < -0.4 is 106 Å². The lowest BCUT2D eigenvalue weighted by molar-refractivity contribution is 0.591. The molecule has 2 nitrogen and oxygen atoms in total. The number of hydrogen-bond acceptors (Lipinski definition) is 2. The second-order valence-electron chi connectivity index (χ2n) is 40.1. The van der Waals surface area contributed by atoms with E-state index in [0.29, 0.717) is 0 Å². The van der Waals surface area contributed by atoms with Crippen LogP contribution in [0.15, 0.2) is 400 Å². The Morgan fingerprint density at radius 2 is 0.390 bits per heavy atom. The first-order valence-electron chi connectivity index (χ1n) is 48.3. The molecule has 0 amide bonds. The summed E-state index contributed by atoms with van der Waals surface area (Å²) in [4.78, 5) is 0. The molecular weight excluding hydrogens is 1710 g/mol. The van der Waals surface area contributed by atoms with Gasteiger partial charge in [-0.15, -0.1) is 0 Å². The van der Waals surface area contributed by atoms with Gasteiger partial charge in [-0.25, -0.2) is 0 Å². The Bertz CT molecular complexity index is 6950. The third kappa shape index (κ3) is 15.9. The zero-order chi connectivity index (χ0) is 95.1. The highest BCUT2D eigenvalue weighted by Gasteiger charge is 2.49. The van der Waals surface area contributed by atoms with Crippen LogP contribution in [0.2, 0.25) is 0 Å². The fourth-order valence-electron chi connectivity index (χ4n) is 24.2. The van der Waals surface area contributed by atoms with Gasteiger partial charge < -0.3 is 9.13 Å². The van der Waals surface area contributed by atoms with Crippen molar-refractivity contribution in [2.24, 2.45) is 0 Å². The first-order chi connectivity index (χ1) is 65.4. The van der Waals surface area contributed by atoms with Gasteiger partial charge in [0.1, 0.15) is 0 Å². The summed E-state index contributed by atoms with van der Waals surface area (Å²) in [5.41, 5.74) is 37.4. The second kappa shape index (κ2) is 36.6. The maximum Gasteiger partial charge on any atom is 0.242 e. The summed E-state index contributed by atoms with van der Waals surface area (Å²) >= 11 is 0. The maximum absolute atomic E-state index is 15.4. The summed E-state index contributed by atoms with van der Waals surface area (Å²) in [6.45, 7) is 41.7. The van der Waals surface area contributed by atoms with E-state index in [1.54, 1.807) is 0 Å². The zero-order valence-corrected chi connectivity index (χ0v) is 85.8. The minimum Gasteiger partial charge on any atom is -0.309 e. The van der Waals surface area contributed by atoms with Crippen LogP contribution in [0.1, 0.15) is 128 Å². The molecule has 0 saturated carbocycles. The molecule has 2 aliphatic rings. The Hall–Kier alpha value is -13.0. The van der Waals surface area contributed by atoms with E-state index in [9.17, 15) is 0 Å². The van der Waals surface area contributed by atoms with Gasteiger partial charge in [-0.05, 0) is 183 Å². The molecule has 0 heterocycles. The quantitative estimate of drug-likeness (QED) is 0.0433. The van der Waals surface area contributed by atoms with E-state index in [2.05, 4.69) is 404 Å². The Morgan fingerprint density at radius 3 is 0.647 bits per heavy atom. The van der Waals surface area contributed by atoms with E-state index in [-0.39, 0.29) is 24.3 Å². The van der Waals surface area contributed by atoms with Crippen molar-refractivity contribution >= 4 is 150 Å². The summed E-state index contributed by atoms with van der Waals surface area (Å²) in [6, 6.07) is 148. The molecule has 0 fully saturated rings. The second-order valence-corrected chi connectivity index (χ2v) is 53.3. The van der Waals surface area contributed by atoms with Crippen molar-refractivity contribution in [1.29, 1.82) is 0 Å². The van der Waals surface area contributed by atoms with Crippen molar-refractivity contribution in [3.8, 4) is 22.3 Å². The smallest absolute Gasteiger partial charge is 0.242 e. The van der Waals surface area contributed by atoms with Crippen LogP contribution in [0.25, 0.3) is 22.3 Å². The molecule has 668 valence electrons. The fourth-order valence-corrected chi connectivity index (χ4v) is 38.8. The molecule has 136 heavy (non-hydrogen) atoms. The Labute approximate surface area is 811 Å².